The molecule has 1 aromatic heterocycles. The van der Waals surface area contributed by atoms with E-state index in [-0.39, 0.29) is 17.6 Å². The van der Waals surface area contributed by atoms with E-state index in [4.69, 9.17) is 4.98 Å². The summed E-state index contributed by atoms with van der Waals surface area (Å²) in [7, 11) is 1.96. The van der Waals surface area contributed by atoms with Crippen LogP contribution in [-0.2, 0) is 5.54 Å². The second kappa shape index (κ2) is 10.5. The third-order valence-electron chi connectivity index (χ3n) is 5.18. The summed E-state index contributed by atoms with van der Waals surface area (Å²) in [5, 5.41) is 3.01. The molecular weight excluding hydrogens is 405 g/mol. The number of pyridine rings is 1. The summed E-state index contributed by atoms with van der Waals surface area (Å²) in [5.41, 5.74) is 2.28. The minimum absolute atomic E-state index is 0.161. The number of nitrogens with zero attached hydrogens (tertiary/aromatic N) is 4. The molecule has 2 aromatic rings. The number of amides is 1. The van der Waals surface area contributed by atoms with Gasteiger partial charge in [0.05, 0.1) is 22.6 Å². The van der Waals surface area contributed by atoms with Crippen LogP contribution in [-0.4, -0.2) is 36.2 Å². The lowest BCUT2D eigenvalue weighted by molar-refractivity contribution is 0.0910. The zero-order chi connectivity index (χ0) is 24.1. The maximum atomic E-state index is 13.2. The first kappa shape index (κ1) is 25.2. The van der Waals surface area contributed by atoms with Crippen LogP contribution in [0.2, 0.25) is 0 Å². The minimum atomic E-state index is -0.723. The molecule has 1 amide bonds. The van der Waals surface area contributed by atoms with Crippen molar-refractivity contribution in [1.29, 1.82) is 0 Å². The van der Waals surface area contributed by atoms with Gasteiger partial charge in [0.1, 0.15) is 17.5 Å². The highest BCUT2D eigenvalue weighted by atomic mass is 19.1. The van der Waals surface area contributed by atoms with Crippen molar-refractivity contribution < 1.29 is 9.18 Å². The minimum Gasteiger partial charge on any atom is -0.342 e. The van der Waals surface area contributed by atoms with Gasteiger partial charge in [-0.25, -0.2) is 9.38 Å². The summed E-state index contributed by atoms with van der Waals surface area (Å²) in [5.74, 6) is 1.06. The van der Waals surface area contributed by atoms with Gasteiger partial charge in [-0.15, -0.1) is 0 Å². The highest BCUT2D eigenvalue weighted by Gasteiger charge is 2.27. The number of carbonyl (C=O) groups is 1. The van der Waals surface area contributed by atoms with Crippen molar-refractivity contribution >= 4 is 23.3 Å². The van der Waals surface area contributed by atoms with E-state index in [9.17, 15) is 9.18 Å². The Kier molecular flexibility index (Phi) is 8.25. The Morgan fingerprint density at radius 2 is 1.78 bits per heavy atom. The Morgan fingerprint density at radius 3 is 2.34 bits per heavy atom. The third-order valence-corrected chi connectivity index (χ3v) is 5.18. The Balaban J connectivity index is 2.36. The fourth-order valence-corrected chi connectivity index (χ4v) is 3.29. The van der Waals surface area contributed by atoms with E-state index in [0.29, 0.717) is 12.1 Å². The topological polar surface area (TPSA) is 70.0 Å². The lowest BCUT2D eigenvalue weighted by Gasteiger charge is -2.29. The number of benzene rings is 1. The molecule has 0 unspecified atom stereocenters. The van der Waals surface area contributed by atoms with E-state index in [1.807, 2.05) is 58.7 Å². The predicted octanol–water partition coefficient (Wildman–Crippen LogP) is 5.30. The summed E-state index contributed by atoms with van der Waals surface area (Å²) in [6.45, 7) is 14.5. The monoisotopic (exact) mass is 439 g/mol. The molecule has 0 aliphatic rings. The van der Waals surface area contributed by atoms with E-state index in [1.54, 1.807) is 0 Å². The van der Waals surface area contributed by atoms with Crippen molar-refractivity contribution in [3.8, 4) is 0 Å². The van der Waals surface area contributed by atoms with Crippen molar-refractivity contribution in [3.63, 3.8) is 0 Å². The molecule has 172 valence electrons. The van der Waals surface area contributed by atoms with Gasteiger partial charge in [0.2, 0.25) is 0 Å². The third kappa shape index (κ3) is 6.22. The van der Waals surface area contributed by atoms with Gasteiger partial charge in [0.15, 0.2) is 0 Å². The van der Waals surface area contributed by atoms with Gasteiger partial charge in [0, 0.05) is 19.2 Å². The van der Waals surface area contributed by atoms with Gasteiger partial charge in [-0.1, -0.05) is 13.8 Å². The second-order valence-corrected chi connectivity index (χ2v) is 8.58. The SMILES string of the molecule is CCN=C(C)N=C(C)N(C)c1ccc(C(C)(C)NC(=O)c2ccc(F)cc2)nc1C(C)C. The number of rotatable bonds is 6. The van der Waals surface area contributed by atoms with E-state index < -0.39 is 5.54 Å². The molecule has 0 bridgehead atoms. The van der Waals surface area contributed by atoms with Crippen LogP contribution in [0.1, 0.15) is 76.1 Å². The number of halogens is 1. The molecule has 1 heterocycles. The number of aromatic nitrogens is 1. The van der Waals surface area contributed by atoms with E-state index in [1.165, 1.54) is 24.3 Å². The van der Waals surface area contributed by atoms with Crippen LogP contribution >= 0.6 is 0 Å². The first-order valence-corrected chi connectivity index (χ1v) is 10.9. The first-order chi connectivity index (χ1) is 15.0. The van der Waals surface area contributed by atoms with Gasteiger partial charge in [-0.2, -0.15) is 0 Å². The predicted molar refractivity (Wildman–Crippen MR) is 130 cm³/mol. The van der Waals surface area contributed by atoms with Crippen LogP contribution in [0.3, 0.4) is 0 Å². The summed E-state index contributed by atoms with van der Waals surface area (Å²) in [4.78, 5) is 28.5. The van der Waals surface area contributed by atoms with Crippen LogP contribution < -0.4 is 10.2 Å². The molecule has 0 radical (unpaired) electrons. The Hall–Kier alpha value is -3.09. The molecule has 0 atom stereocenters. The molecule has 1 aromatic carbocycles. The molecule has 0 saturated carbocycles. The fraction of sp³-hybridized carbons (Fsp3) is 0.440. The van der Waals surface area contributed by atoms with Crippen molar-refractivity contribution in [2.45, 2.75) is 59.9 Å². The zero-order valence-electron chi connectivity index (χ0n) is 20.3. The Morgan fingerprint density at radius 1 is 1.16 bits per heavy atom. The molecular formula is C25H34FN5O. The maximum absolute atomic E-state index is 13.2. The largest absolute Gasteiger partial charge is 0.342 e. The van der Waals surface area contributed by atoms with Crippen LogP contribution in [0, 0.1) is 5.82 Å². The average molecular weight is 440 g/mol. The number of anilines is 1. The van der Waals surface area contributed by atoms with Crippen molar-refractivity contribution in [2.75, 3.05) is 18.5 Å². The molecule has 32 heavy (non-hydrogen) atoms. The smallest absolute Gasteiger partial charge is 0.252 e. The standard InChI is InChI=1S/C25H34FN5O/c1-9-27-17(4)28-18(5)31(8)21-14-15-22(29-23(21)16(2)3)25(6,7)30-24(32)19-10-12-20(26)13-11-19/h10-16H,9H2,1-8H3,(H,30,32). The lowest BCUT2D eigenvalue weighted by atomic mass is 9.96. The van der Waals surface area contributed by atoms with Crippen molar-refractivity contribution in [2.24, 2.45) is 9.98 Å². The van der Waals surface area contributed by atoms with Crippen LogP contribution in [0.15, 0.2) is 46.4 Å². The normalized spacial score (nSPS) is 12.8. The average Bonchev–Trinajstić information content (AvgIpc) is 2.72. The molecule has 1 N–H and O–H groups in total. The quantitative estimate of drug-likeness (QED) is 0.490. The molecule has 0 saturated heterocycles. The molecule has 2 rings (SSSR count). The number of hydrogen-bond donors (Lipinski definition) is 1. The van der Waals surface area contributed by atoms with Crippen molar-refractivity contribution in [1.82, 2.24) is 10.3 Å². The number of aliphatic imine (C=N–C) groups is 2. The van der Waals surface area contributed by atoms with Gasteiger partial charge in [-0.3, -0.25) is 14.8 Å². The van der Waals surface area contributed by atoms with Gasteiger partial charge in [-0.05, 0) is 76.9 Å². The molecule has 6 nitrogen and oxygen atoms in total. The van der Waals surface area contributed by atoms with E-state index in [0.717, 1.165) is 28.7 Å². The fourth-order valence-electron chi connectivity index (χ4n) is 3.29. The Labute approximate surface area is 190 Å². The van der Waals surface area contributed by atoms with Gasteiger partial charge < -0.3 is 10.2 Å². The van der Waals surface area contributed by atoms with Crippen LogP contribution in [0.25, 0.3) is 0 Å². The van der Waals surface area contributed by atoms with Gasteiger partial charge >= 0.3 is 0 Å². The lowest BCUT2D eigenvalue weighted by Crippen LogP contribution is -2.42. The summed E-state index contributed by atoms with van der Waals surface area (Å²) in [6, 6.07) is 9.42. The number of hydrogen-bond acceptors (Lipinski definition) is 3. The number of carbonyl (C=O) groups excluding carboxylic acids is 1. The summed E-state index contributed by atoms with van der Waals surface area (Å²) in [6.07, 6.45) is 0. The Bertz CT molecular complexity index is 1010. The summed E-state index contributed by atoms with van der Waals surface area (Å²) < 4.78 is 13.2. The highest BCUT2D eigenvalue weighted by Crippen LogP contribution is 2.29. The van der Waals surface area contributed by atoms with E-state index in [2.05, 4.69) is 29.1 Å². The van der Waals surface area contributed by atoms with Crippen LogP contribution in [0.5, 0.6) is 0 Å². The second-order valence-electron chi connectivity index (χ2n) is 8.58. The number of nitrogens with one attached hydrogen (secondary N) is 1. The molecule has 7 heteroatoms. The van der Waals surface area contributed by atoms with Crippen molar-refractivity contribution in [3.05, 3.63) is 59.2 Å². The molecule has 0 aliphatic carbocycles. The van der Waals surface area contributed by atoms with Crippen LogP contribution in [0.4, 0.5) is 10.1 Å². The summed E-state index contributed by atoms with van der Waals surface area (Å²) >= 11 is 0. The molecule has 0 fully saturated rings. The first-order valence-electron chi connectivity index (χ1n) is 10.9. The molecule has 0 spiro atoms. The van der Waals surface area contributed by atoms with E-state index >= 15 is 0 Å². The number of amidine groups is 2. The molecule has 0 aliphatic heterocycles. The maximum Gasteiger partial charge on any atom is 0.252 e. The van der Waals surface area contributed by atoms with Gasteiger partial charge in [0.25, 0.3) is 5.91 Å². The highest BCUT2D eigenvalue weighted by molar-refractivity contribution is 6.03. The zero-order valence-corrected chi connectivity index (χ0v) is 20.3.